The Morgan fingerprint density at radius 3 is 2.86 bits per heavy atom. The van der Waals surface area contributed by atoms with Gasteiger partial charge in [-0.1, -0.05) is 13.0 Å². The van der Waals surface area contributed by atoms with E-state index in [1.165, 1.54) is 18.0 Å². The fourth-order valence-electron chi connectivity index (χ4n) is 2.22. The molecule has 0 saturated heterocycles. The highest BCUT2D eigenvalue weighted by molar-refractivity contribution is 5.37. The van der Waals surface area contributed by atoms with Gasteiger partial charge in [0.05, 0.1) is 14.2 Å². The molecule has 0 radical (unpaired) electrons. The van der Waals surface area contributed by atoms with Gasteiger partial charge in [-0.2, -0.15) is 4.80 Å². The number of halogens is 1. The van der Waals surface area contributed by atoms with Crippen LogP contribution in [0.3, 0.4) is 0 Å². The second-order valence-corrected chi connectivity index (χ2v) is 4.76. The Labute approximate surface area is 123 Å². The minimum absolute atomic E-state index is 0.259. The van der Waals surface area contributed by atoms with Crippen molar-refractivity contribution >= 4 is 0 Å². The fourth-order valence-corrected chi connectivity index (χ4v) is 2.22. The number of nitrogens with one attached hydrogen (secondary N) is 1. The van der Waals surface area contributed by atoms with Crippen molar-refractivity contribution < 1.29 is 9.13 Å². The first-order valence-electron chi connectivity index (χ1n) is 6.94. The number of methoxy groups -OCH3 is 1. The summed E-state index contributed by atoms with van der Waals surface area (Å²) in [7, 11) is 3.24. The molecule has 0 saturated carbocycles. The molecule has 0 bridgehead atoms. The van der Waals surface area contributed by atoms with Gasteiger partial charge in [-0.15, -0.1) is 10.2 Å². The van der Waals surface area contributed by atoms with Gasteiger partial charge in [0, 0.05) is 18.0 Å². The molecule has 2 rings (SSSR count). The lowest BCUT2D eigenvalue weighted by atomic mass is 10.0. The number of ether oxygens (including phenoxy) is 1. The molecular weight excluding hydrogens is 273 g/mol. The van der Waals surface area contributed by atoms with Gasteiger partial charge in [-0.25, -0.2) is 4.39 Å². The summed E-state index contributed by atoms with van der Waals surface area (Å²) in [6, 6.07) is 4.56. The Kier molecular flexibility index (Phi) is 5.21. The normalized spacial score (nSPS) is 12.4. The number of tetrazole rings is 1. The number of aromatic nitrogens is 4. The Morgan fingerprint density at radius 2 is 2.24 bits per heavy atom. The predicted molar refractivity (Wildman–Crippen MR) is 76.5 cm³/mol. The summed E-state index contributed by atoms with van der Waals surface area (Å²) in [4.78, 5) is 1.39. The maximum absolute atomic E-state index is 14.2. The average molecular weight is 293 g/mol. The highest BCUT2D eigenvalue weighted by Crippen LogP contribution is 2.29. The second-order valence-electron chi connectivity index (χ2n) is 4.76. The van der Waals surface area contributed by atoms with E-state index in [1.807, 2.05) is 0 Å². The summed E-state index contributed by atoms with van der Waals surface area (Å²) in [6.45, 7) is 2.83. The van der Waals surface area contributed by atoms with E-state index in [4.69, 9.17) is 4.74 Å². The largest absolute Gasteiger partial charge is 0.496 e. The first-order valence-corrected chi connectivity index (χ1v) is 6.94. The zero-order chi connectivity index (χ0) is 15.2. The van der Waals surface area contributed by atoms with Gasteiger partial charge in [0.1, 0.15) is 11.6 Å². The van der Waals surface area contributed by atoms with Crippen LogP contribution in [0.25, 0.3) is 0 Å². The monoisotopic (exact) mass is 293 g/mol. The molecule has 21 heavy (non-hydrogen) atoms. The summed E-state index contributed by atoms with van der Waals surface area (Å²) in [5, 5.41) is 15.3. The molecule has 0 aliphatic carbocycles. The molecule has 0 amide bonds. The topological polar surface area (TPSA) is 64.9 Å². The van der Waals surface area contributed by atoms with Gasteiger partial charge in [0.25, 0.3) is 0 Å². The van der Waals surface area contributed by atoms with Crippen molar-refractivity contribution in [1.29, 1.82) is 0 Å². The van der Waals surface area contributed by atoms with Crippen LogP contribution in [0.15, 0.2) is 18.2 Å². The standard InChI is InChI=1S/C14H20FN5O/c1-4-8-16-11(9-13-17-19-20(2)18-13)14-10(15)6-5-7-12(14)21-3/h5-7,11,16H,4,8-9H2,1-3H3. The van der Waals surface area contributed by atoms with Crippen LogP contribution in [-0.4, -0.2) is 33.9 Å². The Balaban J connectivity index is 2.31. The van der Waals surface area contributed by atoms with E-state index in [9.17, 15) is 4.39 Å². The van der Waals surface area contributed by atoms with Crippen LogP contribution in [0.4, 0.5) is 4.39 Å². The molecular formula is C14H20FN5O. The van der Waals surface area contributed by atoms with Crippen LogP contribution in [0.1, 0.15) is 30.8 Å². The fraction of sp³-hybridized carbons (Fsp3) is 0.500. The van der Waals surface area contributed by atoms with Gasteiger partial charge in [0.2, 0.25) is 0 Å². The third kappa shape index (κ3) is 3.75. The zero-order valence-electron chi connectivity index (χ0n) is 12.5. The molecule has 1 aromatic carbocycles. The van der Waals surface area contributed by atoms with E-state index in [0.29, 0.717) is 23.6 Å². The molecule has 0 aliphatic rings. The first-order chi connectivity index (χ1) is 10.2. The molecule has 0 spiro atoms. The van der Waals surface area contributed by atoms with Gasteiger partial charge < -0.3 is 10.1 Å². The maximum Gasteiger partial charge on any atom is 0.176 e. The Morgan fingerprint density at radius 1 is 1.43 bits per heavy atom. The van der Waals surface area contributed by atoms with Crippen molar-refractivity contribution in [1.82, 2.24) is 25.5 Å². The van der Waals surface area contributed by atoms with Crippen LogP contribution in [-0.2, 0) is 13.5 Å². The molecule has 1 N–H and O–H groups in total. The summed E-state index contributed by atoms with van der Waals surface area (Å²) >= 11 is 0. The second kappa shape index (κ2) is 7.12. The maximum atomic E-state index is 14.2. The van der Waals surface area contributed by atoms with Crippen LogP contribution < -0.4 is 10.1 Å². The average Bonchev–Trinajstić information content (AvgIpc) is 2.88. The number of benzene rings is 1. The van der Waals surface area contributed by atoms with Crippen molar-refractivity contribution in [3.63, 3.8) is 0 Å². The summed E-state index contributed by atoms with van der Waals surface area (Å²) in [6.07, 6.45) is 1.40. The zero-order valence-corrected chi connectivity index (χ0v) is 12.5. The molecule has 1 aromatic heterocycles. The predicted octanol–water partition coefficient (Wildman–Crippen LogP) is 1.64. The minimum atomic E-state index is -0.299. The first kappa shape index (κ1) is 15.4. The van der Waals surface area contributed by atoms with Crippen molar-refractivity contribution in [2.45, 2.75) is 25.8 Å². The summed E-state index contributed by atoms with van der Waals surface area (Å²) in [5.41, 5.74) is 0.501. The third-order valence-electron chi connectivity index (χ3n) is 3.16. The van der Waals surface area contributed by atoms with Gasteiger partial charge in [-0.05, 0) is 30.3 Å². The Bertz CT molecular complexity index is 586. The van der Waals surface area contributed by atoms with Crippen molar-refractivity contribution in [2.24, 2.45) is 7.05 Å². The van der Waals surface area contributed by atoms with Crippen molar-refractivity contribution in [3.8, 4) is 5.75 Å². The molecule has 1 unspecified atom stereocenters. The number of hydrogen-bond acceptors (Lipinski definition) is 5. The Hall–Kier alpha value is -2.02. The molecule has 0 fully saturated rings. The number of rotatable bonds is 7. The van der Waals surface area contributed by atoms with Gasteiger partial charge >= 0.3 is 0 Å². The smallest absolute Gasteiger partial charge is 0.176 e. The van der Waals surface area contributed by atoms with Crippen molar-refractivity contribution in [3.05, 3.63) is 35.4 Å². The van der Waals surface area contributed by atoms with E-state index >= 15 is 0 Å². The summed E-state index contributed by atoms with van der Waals surface area (Å²) < 4.78 is 19.5. The van der Waals surface area contributed by atoms with Crippen LogP contribution in [0.2, 0.25) is 0 Å². The van der Waals surface area contributed by atoms with E-state index in [1.54, 1.807) is 19.2 Å². The van der Waals surface area contributed by atoms with E-state index < -0.39 is 0 Å². The van der Waals surface area contributed by atoms with Gasteiger partial charge in [-0.3, -0.25) is 0 Å². The molecule has 1 atom stereocenters. The molecule has 2 aromatic rings. The van der Waals surface area contributed by atoms with Crippen LogP contribution in [0.5, 0.6) is 5.75 Å². The summed E-state index contributed by atoms with van der Waals surface area (Å²) in [5.74, 6) is 0.788. The lowest BCUT2D eigenvalue weighted by Crippen LogP contribution is -2.26. The number of nitrogens with zero attached hydrogens (tertiary/aromatic N) is 4. The van der Waals surface area contributed by atoms with Crippen LogP contribution >= 0.6 is 0 Å². The van der Waals surface area contributed by atoms with Gasteiger partial charge in [0.15, 0.2) is 5.82 Å². The van der Waals surface area contributed by atoms with Crippen LogP contribution in [0, 0.1) is 5.82 Å². The van der Waals surface area contributed by atoms with Crippen molar-refractivity contribution in [2.75, 3.05) is 13.7 Å². The molecule has 1 heterocycles. The molecule has 114 valence electrons. The molecule has 6 nitrogen and oxygen atoms in total. The molecule has 0 aliphatic heterocycles. The molecule has 7 heteroatoms. The lowest BCUT2D eigenvalue weighted by molar-refractivity contribution is 0.388. The minimum Gasteiger partial charge on any atom is -0.496 e. The van der Waals surface area contributed by atoms with E-state index in [0.717, 1.165) is 13.0 Å². The quantitative estimate of drug-likeness (QED) is 0.840. The number of hydrogen-bond donors (Lipinski definition) is 1. The van der Waals surface area contributed by atoms with E-state index in [-0.39, 0.29) is 11.9 Å². The highest BCUT2D eigenvalue weighted by atomic mass is 19.1. The third-order valence-corrected chi connectivity index (χ3v) is 3.16. The number of aryl methyl sites for hydroxylation is 1. The van der Waals surface area contributed by atoms with E-state index in [2.05, 4.69) is 27.7 Å². The highest BCUT2D eigenvalue weighted by Gasteiger charge is 2.22. The SMILES string of the molecule is CCCNC(Cc1nnn(C)n1)c1c(F)cccc1OC. The lowest BCUT2D eigenvalue weighted by Gasteiger charge is -2.20.